The van der Waals surface area contributed by atoms with Gasteiger partial charge in [-0.3, -0.25) is 4.99 Å². The average Bonchev–Trinajstić information content (AvgIpc) is 3.55. The SMILES string of the molecule is c1cc2cc(-c3ccc(-c4cnc(N5CCCC5)nc4)cc3)[nH]c2cc1C1=NCCCN1. The van der Waals surface area contributed by atoms with Crippen LogP contribution in [0.5, 0.6) is 0 Å². The summed E-state index contributed by atoms with van der Waals surface area (Å²) in [6.07, 6.45) is 7.42. The zero-order valence-corrected chi connectivity index (χ0v) is 18.0. The van der Waals surface area contributed by atoms with Gasteiger partial charge in [0.1, 0.15) is 5.84 Å². The second-order valence-corrected chi connectivity index (χ2v) is 8.54. The van der Waals surface area contributed by atoms with Gasteiger partial charge >= 0.3 is 0 Å². The lowest BCUT2D eigenvalue weighted by Crippen LogP contribution is -2.30. The average molecular weight is 423 g/mol. The summed E-state index contributed by atoms with van der Waals surface area (Å²) in [6, 6.07) is 17.3. The summed E-state index contributed by atoms with van der Waals surface area (Å²) < 4.78 is 0. The molecule has 4 aromatic rings. The first-order chi connectivity index (χ1) is 15.8. The molecule has 2 aliphatic rings. The Balaban J connectivity index is 1.24. The molecule has 0 radical (unpaired) electrons. The molecule has 1 fully saturated rings. The molecule has 6 nitrogen and oxygen atoms in total. The van der Waals surface area contributed by atoms with Crippen LogP contribution in [0.3, 0.4) is 0 Å². The van der Waals surface area contributed by atoms with Gasteiger partial charge in [0.05, 0.1) is 0 Å². The Morgan fingerprint density at radius 2 is 1.50 bits per heavy atom. The number of H-pyrrole nitrogens is 1. The molecule has 0 bridgehead atoms. The highest BCUT2D eigenvalue weighted by molar-refractivity contribution is 6.02. The van der Waals surface area contributed by atoms with Crippen molar-refractivity contribution < 1.29 is 0 Å². The van der Waals surface area contributed by atoms with Gasteiger partial charge in [-0.1, -0.05) is 36.4 Å². The maximum Gasteiger partial charge on any atom is 0.225 e. The largest absolute Gasteiger partial charge is 0.370 e. The Labute approximate surface area is 187 Å². The van der Waals surface area contributed by atoms with Crippen LogP contribution in [-0.2, 0) is 0 Å². The van der Waals surface area contributed by atoms with Crippen LogP contribution in [0, 0.1) is 0 Å². The van der Waals surface area contributed by atoms with E-state index in [0.717, 1.165) is 77.8 Å². The van der Waals surface area contributed by atoms with Crippen molar-refractivity contribution in [3.8, 4) is 22.4 Å². The Morgan fingerprint density at radius 1 is 0.750 bits per heavy atom. The van der Waals surface area contributed by atoms with Crippen LogP contribution >= 0.6 is 0 Å². The van der Waals surface area contributed by atoms with Gasteiger partial charge in [0.15, 0.2) is 0 Å². The molecular weight excluding hydrogens is 396 g/mol. The number of rotatable bonds is 4. The second-order valence-electron chi connectivity index (χ2n) is 8.54. The predicted octanol–water partition coefficient (Wildman–Crippen LogP) is 4.63. The monoisotopic (exact) mass is 422 g/mol. The third kappa shape index (κ3) is 3.62. The van der Waals surface area contributed by atoms with E-state index in [9.17, 15) is 0 Å². The number of anilines is 1. The smallest absolute Gasteiger partial charge is 0.225 e. The fraction of sp³-hybridized carbons (Fsp3) is 0.269. The molecule has 0 saturated carbocycles. The fourth-order valence-electron chi connectivity index (χ4n) is 4.55. The lowest BCUT2D eigenvalue weighted by Gasteiger charge is -2.14. The number of hydrogen-bond acceptors (Lipinski definition) is 5. The summed E-state index contributed by atoms with van der Waals surface area (Å²) in [4.78, 5) is 19.6. The molecule has 32 heavy (non-hydrogen) atoms. The van der Waals surface area contributed by atoms with Crippen molar-refractivity contribution >= 4 is 22.7 Å². The minimum atomic E-state index is 0.842. The topological polar surface area (TPSA) is 69.2 Å². The maximum absolute atomic E-state index is 4.62. The first kappa shape index (κ1) is 19.0. The van der Waals surface area contributed by atoms with E-state index in [4.69, 9.17) is 0 Å². The lowest BCUT2D eigenvalue weighted by atomic mass is 10.1. The zero-order valence-electron chi connectivity index (χ0n) is 18.0. The number of fused-ring (bicyclic) bond motifs is 1. The van der Waals surface area contributed by atoms with Gasteiger partial charge in [0.2, 0.25) is 5.95 Å². The summed E-state index contributed by atoms with van der Waals surface area (Å²) in [7, 11) is 0. The predicted molar refractivity (Wildman–Crippen MR) is 130 cm³/mol. The first-order valence-electron chi connectivity index (χ1n) is 11.4. The van der Waals surface area contributed by atoms with Gasteiger partial charge in [-0.25, -0.2) is 9.97 Å². The summed E-state index contributed by atoms with van der Waals surface area (Å²) in [5, 5.41) is 4.61. The third-order valence-corrected chi connectivity index (χ3v) is 6.35. The Kier molecular flexibility index (Phi) is 4.83. The summed E-state index contributed by atoms with van der Waals surface area (Å²) >= 11 is 0. The lowest BCUT2D eigenvalue weighted by molar-refractivity contribution is 0.742. The fourth-order valence-corrected chi connectivity index (χ4v) is 4.55. The van der Waals surface area contributed by atoms with Crippen molar-refractivity contribution in [3.05, 3.63) is 66.5 Å². The number of aromatic amines is 1. The molecule has 6 heteroatoms. The number of aromatic nitrogens is 3. The molecule has 2 N–H and O–H groups in total. The minimum Gasteiger partial charge on any atom is -0.370 e. The van der Waals surface area contributed by atoms with Crippen LogP contribution in [0.25, 0.3) is 33.3 Å². The van der Waals surface area contributed by atoms with Crippen LogP contribution in [0.15, 0.2) is 65.9 Å². The highest BCUT2D eigenvalue weighted by atomic mass is 15.3. The van der Waals surface area contributed by atoms with Crippen molar-refractivity contribution in [2.45, 2.75) is 19.3 Å². The molecule has 160 valence electrons. The number of aliphatic imine (C=N–C) groups is 1. The highest BCUT2D eigenvalue weighted by Gasteiger charge is 2.15. The molecule has 0 spiro atoms. The number of hydrogen-bond donors (Lipinski definition) is 2. The normalized spacial score (nSPS) is 16.2. The first-order valence-corrected chi connectivity index (χ1v) is 11.4. The van der Waals surface area contributed by atoms with Crippen LogP contribution < -0.4 is 10.2 Å². The maximum atomic E-state index is 4.62. The van der Waals surface area contributed by atoms with Crippen molar-refractivity contribution in [1.82, 2.24) is 20.3 Å². The summed E-state index contributed by atoms with van der Waals surface area (Å²) in [6.45, 7) is 4.01. The summed E-state index contributed by atoms with van der Waals surface area (Å²) in [5.74, 6) is 1.84. The molecule has 2 aromatic carbocycles. The Morgan fingerprint density at radius 3 is 2.25 bits per heavy atom. The molecule has 2 aromatic heterocycles. The van der Waals surface area contributed by atoms with Gasteiger partial charge in [-0.05, 0) is 42.5 Å². The van der Waals surface area contributed by atoms with E-state index in [1.54, 1.807) is 0 Å². The number of benzene rings is 2. The van der Waals surface area contributed by atoms with Gasteiger partial charge in [-0.15, -0.1) is 0 Å². The van der Waals surface area contributed by atoms with E-state index in [0.29, 0.717) is 0 Å². The molecule has 0 aliphatic carbocycles. The number of nitrogens with one attached hydrogen (secondary N) is 2. The van der Waals surface area contributed by atoms with Crippen LogP contribution in [0.1, 0.15) is 24.8 Å². The van der Waals surface area contributed by atoms with E-state index in [1.807, 2.05) is 12.4 Å². The standard InChI is InChI=1S/C26H26N6/c1-2-13-32(12-1)26-29-16-22(17-30-26)18-4-6-19(7-5-18)23-14-20-8-9-21(15-24(20)31-23)25-27-10-3-11-28-25/h4-9,14-17,31H,1-3,10-13H2,(H,27,28). The molecule has 4 heterocycles. The molecule has 2 aliphatic heterocycles. The Bertz CT molecular complexity index is 1260. The van der Waals surface area contributed by atoms with E-state index >= 15 is 0 Å². The van der Waals surface area contributed by atoms with Crippen LogP contribution in [0.2, 0.25) is 0 Å². The molecule has 0 unspecified atom stereocenters. The van der Waals surface area contributed by atoms with Gasteiger partial charge < -0.3 is 15.2 Å². The highest BCUT2D eigenvalue weighted by Crippen LogP contribution is 2.28. The van der Waals surface area contributed by atoms with E-state index in [2.05, 4.69) is 78.7 Å². The second kappa shape index (κ2) is 8.11. The quantitative estimate of drug-likeness (QED) is 0.503. The van der Waals surface area contributed by atoms with Gasteiger partial charge in [0, 0.05) is 66.3 Å². The van der Waals surface area contributed by atoms with E-state index in [1.165, 1.54) is 18.2 Å². The zero-order chi connectivity index (χ0) is 21.3. The number of nitrogens with zero attached hydrogens (tertiary/aromatic N) is 4. The van der Waals surface area contributed by atoms with E-state index in [-0.39, 0.29) is 0 Å². The Hall–Kier alpha value is -3.67. The van der Waals surface area contributed by atoms with Gasteiger partial charge in [-0.2, -0.15) is 0 Å². The number of amidine groups is 1. The van der Waals surface area contributed by atoms with Crippen molar-refractivity contribution in [3.63, 3.8) is 0 Å². The minimum absolute atomic E-state index is 0.842. The van der Waals surface area contributed by atoms with Crippen LogP contribution in [-0.4, -0.2) is 47.0 Å². The summed E-state index contributed by atoms with van der Waals surface area (Å²) in [5.41, 5.74) is 6.71. The van der Waals surface area contributed by atoms with Crippen molar-refractivity contribution in [2.24, 2.45) is 4.99 Å². The third-order valence-electron chi connectivity index (χ3n) is 6.35. The van der Waals surface area contributed by atoms with E-state index < -0.39 is 0 Å². The molecule has 0 atom stereocenters. The van der Waals surface area contributed by atoms with Gasteiger partial charge in [0.25, 0.3) is 0 Å². The molecular formula is C26H26N6. The van der Waals surface area contributed by atoms with Crippen molar-refractivity contribution in [1.29, 1.82) is 0 Å². The molecule has 0 amide bonds. The molecule has 1 saturated heterocycles. The molecule has 6 rings (SSSR count). The van der Waals surface area contributed by atoms with Crippen LogP contribution in [0.4, 0.5) is 5.95 Å². The van der Waals surface area contributed by atoms with Crippen molar-refractivity contribution in [2.75, 3.05) is 31.1 Å².